The van der Waals surface area contributed by atoms with Gasteiger partial charge in [0.1, 0.15) is 17.1 Å². The molecule has 0 aromatic heterocycles. The Morgan fingerprint density at radius 1 is 1.17 bits per heavy atom. The maximum absolute atomic E-state index is 12.5. The van der Waals surface area contributed by atoms with Crippen molar-refractivity contribution in [3.63, 3.8) is 0 Å². The summed E-state index contributed by atoms with van der Waals surface area (Å²) in [5, 5.41) is 6.56. The predicted molar refractivity (Wildman–Crippen MR) is 116 cm³/mol. The number of nitrogens with zero attached hydrogens (tertiary/aromatic N) is 2. The Morgan fingerprint density at radius 3 is 2.47 bits per heavy atom. The van der Waals surface area contributed by atoms with Gasteiger partial charge in [-0.1, -0.05) is 23.7 Å². The number of rotatable bonds is 5. The van der Waals surface area contributed by atoms with Crippen molar-refractivity contribution >= 4 is 34.8 Å². The molecule has 4 rings (SSSR count). The zero-order chi connectivity index (χ0) is 21.1. The lowest BCUT2D eigenvalue weighted by molar-refractivity contribution is -0.119. The van der Waals surface area contributed by atoms with Gasteiger partial charge in [-0.3, -0.25) is 19.5 Å². The third-order valence-electron chi connectivity index (χ3n) is 5.43. The number of ether oxygens (including phenoxy) is 1. The number of carbonyl (C=O) groups excluding carboxylic acids is 2. The summed E-state index contributed by atoms with van der Waals surface area (Å²) in [4.78, 5) is 31.7. The van der Waals surface area contributed by atoms with E-state index in [0.717, 1.165) is 17.0 Å². The van der Waals surface area contributed by atoms with Crippen LogP contribution in [0.4, 0.5) is 5.69 Å². The highest BCUT2D eigenvalue weighted by Crippen LogP contribution is 2.29. The lowest BCUT2D eigenvalue weighted by atomic mass is 9.98. The van der Waals surface area contributed by atoms with Crippen molar-refractivity contribution in [2.45, 2.75) is 18.5 Å². The fraction of sp³-hybridized carbons (Fsp3) is 0.318. The highest BCUT2D eigenvalue weighted by molar-refractivity contribution is 6.47. The molecule has 0 unspecified atom stereocenters. The number of benzene rings is 2. The number of hydrogen-bond donors (Lipinski definition) is 2. The number of piperidine rings is 1. The van der Waals surface area contributed by atoms with E-state index < -0.39 is 5.66 Å². The van der Waals surface area contributed by atoms with Crippen molar-refractivity contribution in [1.29, 1.82) is 0 Å². The van der Waals surface area contributed by atoms with Gasteiger partial charge in [-0.25, -0.2) is 0 Å². The molecule has 30 heavy (non-hydrogen) atoms. The molecule has 2 aromatic carbocycles. The number of methoxy groups -OCH3 is 1. The number of aliphatic imine (C=N–C) groups is 1. The van der Waals surface area contributed by atoms with E-state index in [0.29, 0.717) is 43.2 Å². The third kappa shape index (κ3) is 4.47. The molecule has 0 saturated carbocycles. The van der Waals surface area contributed by atoms with Crippen LogP contribution in [0.15, 0.2) is 53.5 Å². The van der Waals surface area contributed by atoms with E-state index in [1.807, 2.05) is 12.1 Å². The summed E-state index contributed by atoms with van der Waals surface area (Å²) in [5.41, 5.74) is 1.34. The SMILES string of the molecule is COc1ccc(NC(=O)CN2CCC3(CC2)N=C(c2ccc(Cl)cc2)C(=O)N3)cc1. The van der Waals surface area contributed by atoms with Gasteiger partial charge in [0.15, 0.2) is 0 Å². The van der Waals surface area contributed by atoms with E-state index in [2.05, 4.69) is 15.5 Å². The molecular weight excluding hydrogens is 404 g/mol. The largest absolute Gasteiger partial charge is 0.497 e. The highest BCUT2D eigenvalue weighted by Gasteiger charge is 2.42. The van der Waals surface area contributed by atoms with E-state index in [1.165, 1.54) is 0 Å². The molecule has 0 aliphatic carbocycles. The van der Waals surface area contributed by atoms with Crippen LogP contribution < -0.4 is 15.4 Å². The van der Waals surface area contributed by atoms with Crippen molar-refractivity contribution in [2.75, 3.05) is 32.1 Å². The van der Waals surface area contributed by atoms with Gasteiger partial charge < -0.3 is 15.4 Å². The van der Waals surface area contributed by atoms with Gasteiger partial charge in [-0.05, 0) is 36.4 Å². The first kappa shape index (κ1) is 20.4. The van der Waals surface area contributed by atoms with Crippen LogP contribution in [-0.4, -0.2) is 54.8 Å². The molecule has 0 bridgehead atoms. The van der Waals surface area contributed by atoms with Gasteiger partial charge >= 0.3 is 0 Å². The maximum Gasteiger partial charge on any atom is 0.272 e. The van der Waals surface area contributed by atoms with Crippen LogP contribution in [0.5, 0.6) is 5.75 Å². The number of carbonyl (C=O) groups is 2. The number of hydrogen-bond acceptors (Lipinski definition) is 5. The van der Waals surface area contributed by atoms with Gasteiger partial charge in [0, 0.05) is 42.2 Å². The predicted octanol–water partition coefficient (Wildman–Crippen LogP) is 2.70. The van der Waals surface area contributed by atoms with E-state index in [-0.39, 0.29) is 11.8 Å². The van der Waals surface area contributed by atoms with E-state index in [1.54, 1.807) is 43.5 Å². The molecule has 2 aliphatic heterocycles. The van der Waals surface area contributed by atoms with Crippen molar-refractivity contribution in [1.82, 2.24) is 10.2 Å². The van der Waals surface area contributed by atoms with Crippen molar-refractivity contribution in [3.05, 3.63) is 59.1 Å². The Morgan fingerprint density at radius 2 is 1.83 bits per heavy atom. The molecule has 1 fully saturated rings. The summed E-state index contributed by atoms with van der Waals surface area (Å²) in [6, 6.07) is 14.3. The van der Waals surface area contributed by atoms with Gasteiger partial charge in [0.05, 0.1) is 13.7 Å². The van der Waals surface area contributed by atoms with E-state index in [4.69, 9.17) is 21.3 Å². The molecule has 2 heterocycles. The Bertz CT molecular complexity index is 965. The second-order valence-electron chi connectivity index (χ2n) is 7.51. The highest BCUT2D eigenvalue weighted by atomic mass is 35.5. The Balaban J connectivity index is 1.33. The van der Waals surface area contributed by atoms with Crippen molar-refractivity contribution in [2.24, 2.45) is 4.99 Å². The number of anilines is 1. The zero-order valence-corrected chi connectivity index (χ0v) is 17.4. The standard InChI is InChI=1S/C22H23ClN4O3/c1-30-18-8-6-17(7-9-18)24-19(28)14-27-12-10-22(11-13-27)25-20(21(29)26-22)15-2-4-16(23)5-3-15/h2-9H,10-14H2,1H3,(H,24,28)(H,26,29). The molecule has 0 atom stereocenters. The fourth-order valence-corrected chi connectivity index (χ4v) is 3.89. The first-order chi connectivity index (χ1) is 14.5. The Kier molecular flexibility index (Phi) is 5.74. The van der Waals surface area contributed by atoms with Crippen molar-refractivity contribution < 1.29 is 14.3 Å². The molecule has 2 aromatic rings. The summed E-state index contributed by atoms with van der Waals surface area (Å²) in [7, 11) is 1.60. The first-order valence-corrected chi connectivity index (χ1v) is 10.2. The van der Waals surface area contributed by atoms with Crippen LogP contribution >= 0.6 is 11.6 Å². The lowest BCUT2D eigenvalue weighted by Gasteiger charge is -2.36. The summed E-state index contributed by atoms with van der Waals surface area (Å²) in [5.74, 6) is 0.506. The molecule has 2 N–H and O–H groups in total. The monoisotopic (exact) mass is 426 g/mol. The molecule has 2 aliphatic rings. The third-order valence-corrected chi connectivity index (χ3v) is 5.68. The molecule has 2 amide bonds. The number of nitrogens with one attached hydrogen (secondary N) is 2. The van der Waals surface area contributed by atoms with Gasteiger partial charge in [0.25, 0.3) is 5.91 Å². The Labute approximate surface area is 180 Å². The molecule has 0 radical (unpaired) electrons. The molecule has 8 heteroatoms. The van der Waals surface area contributed by atoms with Crippen LogP contribution in [0.25, 0.3) is 0 Å². The number of halogens is 1. The molecule has 1 spiro atoms. The van der Waals surface area contributed by atoms with Gasteiger partial charge in [-0.2, -0.15) is 0 Å². The summed E-state index contributed by atoms with van der Waals surface area (Å²) in [6.07, 6.45) is 1.32. The summed E-state index contributed by atoms with van der Waals surface area (Å²) in [6.45, 7) is 1.64. The number of likely N-dealkylation sites (tertiary alicyclic amines) is 1. The Hall–Kier alpha value is -2.90. The summed E-state index contributed by atoms with van der Waals surface area (Å²) >= 11 is 5.93. The van der Waals surface area contributed by atoms with E-state index in [9.17, 15) is 9.59 Å². The van der Waals surface area contributed by atoms with Crippen LogP contribution in [0.1, 0.15) is 18.4 Å². The van der Waals surface area contributed by atoms with Crippen molar-refractivity contribution in [3.8, 4) is 5.75 Å². The van der Waals surface area contributed by atoms with Crippen LogP contribution in [0.3, 0.4) is 0 Å². The fourth-order valence-electron chi connectivity index (χ4n) is 3.76. The second kappa shape index (κ2) is 8.45. The topological polar surface area (TPSA) is 83.0 Å². The van der Waals surface area contributed by atoms with Crippen LogP contribution in [-0.2, 0) is 9.59 Å². The first-order valence-electron chi connectivity index (χ1n) is 9.81. The average molecular weight is 427 g/mol. The van der Waals surface area contributed by atoms with Crippen LogP contribution in [0, 0.1) is 0 Å². The van der Waals surface area contributed by atoms with E-state index >= 15 is 0 Å². The quantitative estimate of drug-likeness (QED) is 0.770. The lowest BCUT2D eigenvalue weighted by Crippen LogP contribution is -2.52. The minimum atomic E-state index is -0.588. The van der Waals surface area contributed by atoms with Crippen LogP contribution in [0.2, 0.25) is 5.02 Å². The second-order valence-corrected chi connectivity index (χ2v) is 7.94. The molecule has 7 nitrogen and oxygen atoms in total. The average Bonchev–Trinajstić information content (AvgIpc) is 3.07. The molecule has 1 saturated heterocycles. The smallest absolute Gasteiger partial charge is 0.272 e. The minimum absolute atomic E-state index is 0.0723. The molecular formula is C22H23ClN4O3. The zero-order valence-electron chi connectivity index (χ0n) is 16.7. The minimum Gasteiger partial charge on any atom is -0.497 e. The van der Waals surface area contributed by atoms with Gasteiger partial charge in [-0.15, -0.1) is 0 Å². The number of amides is 2. The maximum atomic E-state index is 12.5. The summed E-state index contributed by atoms with van der Waals surface area (Å²) < 4.78 is 5.12. The normalized spacial score (nSPS) is 18.1. The van der Waals surface area contributed by atoms with Gasteiger partial charge in [0.2, 0.25) is 5.91 Å². The molecule has 156 valence electrons.